The molecule has 0 N–H and O–H groups in total. The predicted octanol–water partition coefficient (Wildman–Crippen LogP) is 6.10. The van der Waals surface area contributed by atoms with Crippen LogP contribution in [0.4, 0.5) is 0 Å². The first-order valence-electron chi connectivity index (χ1n) is 9.89. The van der Waals surface area contributed by atoms with Gasteiger partial charge in [-0.15, -0.1) is 0 Å². The molecule has 3 aromatic rings. The molecule has 0 atom stereocenters. The monoisotopic (exact) mass is 344 g/mol. The fraction of sp³-hybridized carbons (Fsp3) is 0.375. The SMILES string of the molecule is Cc1cc2cccc3c2c(c1C)-c1c(c(C2CCCCC2)cc[n+]1C)O3. The summed E-state index contributed by atoms with van der Waals surface area (Å²) in [7, 11) is 2.15. The fourth-order valence-corrected chi connectivity index (χ4v) is 4.92. The third kappa shape index (κ3) is 2.21. The molecule has 0 bridgehead atoms. The summed E-state index contributed by atoms with van der Waals surface area (Å²) in [4.78, 5) is 0. The average molecular weight is 344 g/mol. The van der Waals surface area contributed by atoms with Gasteiger partial charge >= 0.3 is 0 Å². The Labute approximate surface area is 155 Å². The van der Waals surface area contributed by atoms with Gasteiger partial charge in [0.15, 0.2) is 6.20 Å². The highest BCUT2D eigenvalue weighted by molar-refractivity contribution is 6.04. The highest BCUT2D eigenvalue weighted by Gasteiger charge is 2.34. The van der Waals surface area contributed by atoms with E-state index < -0.39 is 0 Å². The summed E-state index contributed by atoms with van der Waals surface area (Å²) in [6.07, 6.45) is 8.85. The standard InChI is InChI=1S/C24H26NO/c1-15-14-18-10-7-11-20-22(18)21(16(15)2)23-24(26-20)19(12-13-25(23)3)17-8-5-4-6-9-17/h7,10-14,17H,4-6,8-9H2,1-3H3/q+1. The van der Waals surface area contributed by atoms with Crippen molar-refractivity contribution < 1.29 is 9.30 Å². The molecule has 2 aromatic carbocycles. The normalized spacial score (nSPS) is 16.4. The van der Waals surface area contributed by atoms with Crippen LogP contribution in [-0.2, 0) is 7.05 Å². The minimum atomic E-state index is 0.629. The van der Waals surface area contributed by atoms with E-state index in [1.165, 1.54) is 70.8 Å². The Hall–Kier alpha value is -2.35. The summed E-state index contributed by atoms with van der Waals surface area (Å²) in [6, 6.07) is 11.0. The lowest BCUT2D eigenvalue weighted by Crippen LogP contribution is -2.33. The van der Waals surface area contributed by atoms with Crippen LogP contribution in [0.3, 0.4) is 0 Å². The topological polar surface area (TPSA) is 13.1 Å². The number of nitrogens with zero attached hydrogens (tertiary/aromatic N) is 1. The lowest BCUT2D eigenvalue weighted by Gasteiger charge is -2.27. The summed E-state index contributed by atoms with van der Waals surface area (Å²) in [5, 5.41) is 2.54. The molecule has 1 aliphatic carbocycles. The van der Waals surface area contributed by atoms with Gasteiger partial charge in [-0.3, -0.25) is 0 Å². The van der Waals surface area contributed by atoms with Gasteiger partial charge in [0.25, 0.3) is 5.69 Å². The van der Waals surface area contributed by atoms with Crippen LogP contribution in [0.15, 0.2) is 36.5 Å². The molecule has 0 amide bonds. The minimum Gasteiger partial charge on any atom is -0.449 e. The number of benzene rings is 2. The van der Waals surface area contributed by atoms with Gasteiger partial charge in [0.1, 0.15) is 12.8 Å². The van der Waals surface area contributed by atoms with Gasteiger partial charge in [0, 0.05) is 17.0 Å². The highest BCUT2D eigenvalue weighted by atomic mass is 16.5. The Morgan fingerprint density at radius 2 is 1.85 bits per heavy atom. The Bertz CT molecular complexity index is 1030. The molecular weight excluding hydrogens is 318 g/mol. The van der Waals surface area contributed by atoms with E-state index in [1.54, 1.807) is 0 Å². The van der Waals surface area contributed by atoms with Gasteiger partial charge in [-0.1, -0.05) is 37.5 Å². The second kappa shape index (κ2) is 5.84. The zero-order chi connectivity index (χ0) is 17.8. The van der Waals surface area contributed by atoms with Crippen LogP contribution in [0.5, 0.6) is 11.5 Å². The van der Waals surface area contributed by atoms with Crippen molar-refractivity contribution in [2.45, 2.75) is 51.9 Å². The zero-order valence-corrected chi connectivity index (χ0v) is 15.9. The number of hydrogen-bond donors (Lipinski definition) is 0. The van der Waals surface area contributed by atoms with E-state index in [2.05, 4.69) is 62.0 Å². The quantitative estimate of drug-likeness (QED) is 0.380. The molecule has 2 nitrogen and oxygen atoms in total. The molecule has 1 aliphatic heterocycles. The molecule has 1 saturated carbocycles. The summed E-state index contributed by atoms with van der Waals surface area (Å²) in [6.45, 7) is 4.47. The van der Waals surface area contributed by atoms with E-state index in [0.29, 0.717) is 5.92 Å². The number of rotatable bonds is 1. The van der Waals surface area contributed by atoms with Crippen LogP contribution in [0.25, 0.3) is 22.0 Å². The Morgan fingerprint density at radius 1 is 1.04 bits per heavy atom. The van der Waals surface area contributed by atoms with Crippen LogP contribution < -0.4 is 9.30 Å². The molecule has 0 spiro atoms. The van der Waals surface area contributed by atoms with E-state index in [9.17, 15) is 0 Å². The maximum absolute atomic E-state index is 6.59. The zero-order valence-electron chi connectivity index (χ0n) is 15.9. The van der Waals surface area contributed by atoms with Crippen molar-refractivity contribution in [2.24, 2.45) is 7.05 Å². The maximum atomic E-state index is 6.59. The molecule has 26 heavy (non-hydrogen) atoms. The summed E-state index contributed by atoms with van der Waals surface area (Å²) < 4.78 is 8.84. The van der Waals surface area contributed by atoms with Crippen molar-refractivity contribution >= 4 is 10.8 Å². The number of aryl methyl sites for hydroxylation is 2. The number of hydrogen-bond acceptors (Lipinski definition) is 1. The summed E-state index contributed by atoms with van der Waals surface area (Å²) in [5.41, 5.74) is 6.72. The average Bonchev–Trinajstić information content (AvgIpc) is 2.66. The van der Waals surface area contributed by atoms with Crippen LogP contribution in [0.1, 0.15) is 54.7 Å². The van der Waals surface area contributed by atoms with E-state index in [-0.39, 0.29) is 0 Å². The first kappa shape index (κ1) is 15.9. The first-order chi connectivity index (χ1) is 12.6. The number of aromatic nitrogens is 1. The smallest absolute Gasteiger partial charge is 0.256 e. The van der Waals surface area contributed by atoms with Crippen LogP contribution in [0.2, 0.25) is 0 Å². The summed E-state index contributed by atoms with van der Waals surface area (Å²) in [5.74, 6) is 2.73. The summed E-state index contributed by atoms with van der Waals surface area (Å²) >= 11 is 0. The molecule has 0 saturated heterocycles. The Kier molecular flexibility index (Phi) is 3.56. The van der Waals surface area contributed by atoms with Gasteiger partial charge < -0.3 is 4.74 Å². The van der Waals surface area contributed by atoms with Crippen molar-refractivity contribution in [3.8, 4) is 22.8 Å². The van der Waals surface area contributed by atoms with Gasteiger partial charge in [-0.05, 0) is 55.2 Å². The maximum Gasteiger partial charge on any atom is 0.256 e. The van der Waals surface area contributed by atoms with E-state index in [1.807, 2.05) is 0 Å². The van der Waals surface area contributed by atoms with Gasteiger partial charge in [-0.2, -0.15) is 4.57 Å². The van der Waals surface area contributed by atoms with Gasteiger partial charge in [0.2, 0.25) is 5.75 Å². The van der Waals surface area contributed by atoms with Gasteiger partial charge in [-0.25, -0.2) is 0 Å². The van der Waals surface area contributed by atoms with E-state index in [0.717, 1.165) is 11.5 Å². The predicted molar refractivity (Wildman–Crippen MR) is 106 cm³/mol. The largest absolute Gasteiger partial charge is 0.449 e. The van der Waals surface area contributed by atoms with Crippen LogP contribution in [-0.4, -0.2) is 0 Å². The molecule has 2 heterocycles. The van der Waals surface area contributed by atoms with Crippen molar-refractivity contribution in [3.05, 3.63) is 53.2 Å². The minimum absolute atomic E-state index is 0.629. The van der Waals surface area contributed by atoms with Crippen molar-refractivity contribution in [3.63, 3.8) is 0 Å². The number of pyridine rings is 1. The number of fused-ring (bicyclic) bond motifs is 2. The van der Waals surface area contributed by atoms with Crippen molar-refractivity contribution in [1.82, 2.24) is 0 Å². The van der Waals surface area contributed by atoms with E-state index >= 15 is 0 Å². The lowest BCUT2D eigenvalue weighted by atomic mass is 9.82. The third-order valence-corrected chi connectivity index (χ3v) is 6.45. The Balaban J connectivity index is 1.84. The molecule has 2 aliphatic rings. The van der Waals surface area contributed by atoms with Crippen molar-refractivity contribution in [1.29, 1.82) is 0 Å². The molecule has 0 radical (unpaired) electrons. The second-order valence-corrected chi connectivity index (χ2v) is 8.04. The first-order valence-corrected chi connectivity index (χ1v) is 9.89. The molecule has 1 fully saturated rings. The van der Waals surface area contributed by atoms with Crippen LogP contribution >= 0.6 is 0 Å². The highest BCUT2D eigenvalue weighted by Crippen LogP contribution is 2.50. The van der Waals surface area contributed by atoms with E-state index in [4.69, 9.17) is 4.74 Å². The Morgan fingerprint density at radius 3 is 2.65 bits per heavy atom. The fourth-order valence-electron chi connectivity index (χ4n) is 4.92. The molecule has 2 heteroatoms. The molecular formula is C24H26NO+. The molecule has 132 valence electrons. The van der Waals surface area contributed by atoms with Gasteiger partial charge in [0.05, 0.1) is 5.56 Å². The van der Waals surface area contributed by atoms with Crippen molar-refractivity contribution in [2.75, 3.05) is 0 Å². The number of ether oxygens (including phenoxy) is 1. The lowest BCUT2D eigenvalue weighted by molar-refractivity contribution is -0.660. The third-order valence-electron chi connectivity index (χ3n) is 6.45. The molecule has 0 unspecified atom stereocenters. The van der Waals surface area contributed by atoms with Crippen LogP contribution in [0, 0.1) is 13.8 Å². The second-order valence-electron chi connectivity index (χ2n) is 8.04. The molecule has 1 aromatic heterocycles. The molecule has 5 rings (SSSR count).